The number of aryl methyl sites for hydroxylation is 1. The van der Waals surface area contributed by atoms with Crippen molar-refractivity contribution in [2.75, 3.05) is 7.05 Å². The molecule has 2 aromatic carbocycles. The van der Waals surface area contributed by atoms with E-state index in [9.17, 15) is 4.39 Å². The van der Waals surface area contributed by atoms with Gasteiger partial charge in [-0.15, -0.1) is 11.8 Å². The molecule has 0 spiro atoms. The van der Waals surface area contributed by atoms with Crippen molar-refractivity contribution < 1.29 is 4.39 Å². The van der Waals surface area contributed by atoms with Crippen molar-refractivity contribution in [3.8, 4) is 0 Å². The van der Waals surface area contributed by atoms with Crippen molar-refractivity contribution in [2.45, 2.75) is 30.5 Å². The molecule has 106 valence electrons. The van der Waals surface area contributed by atoms with Crippen LogP contribution < -0.4 is 5.32 Å². The Morgan fingerprint density at radius 1 is 1.20 bits per heavy atom. The SMILES string of the molecule is CNC(C)c1cc(F)c(C)cc1SCc1ccccc1. The lowest BCUT2D eigenvalue weighted by atomic mass is 10.1. The molecule has 0 amide bonds. The van der Waals surface area contributed by atoms with Crippen molar-refractivity contribution in [3.63, 3.8) is 0 Å². The molecule has 1 unspecified atom stereocenters. The lowest BCUT2D eigenvalue weighted by Gasteiger charge is -2.17. The van der Waals surface area contributed by atoms with E-state index < -0.39 is 0 Å². The molecule has 0 heterocycles. The monoisotopic (exact) mass is 289 g/mol. The second-order valence-corrected chi connectivity index (χ2v) is 5.94. The molecule has 2 aromatic rings. The summed E-state index contributed by atoms with van der Waals surface area (Å²) in [5, 5.41) is 3.19. The van der Waals surface area contributed by atoms with Crippen molar-refractivity contribution in [1.29, 1.82) is 0 Å². The molecular weight excluding hydrogens is 269 g/mol. The van der Waals surface area contributed by atoms with Crippen molar-refractivity contribution in [2.24, 2.45) is 0 Å². The van der Waals surface area contributed by atoms with Crippen LogP contribution in [0, 0.1) is 12.7 Å². The molecule has 0 saturated heterocycles. The average Bonchev–Trinajstić information content (AvgIpc) is 2.48. The maximum Gasteiger partial charge on any atom is 0.126 e. The zero-order chi connectivity index (χ0) is 14.5. The van der Waals surface area contributed by atoms with E-state index in [1.54, 1.807) is 17.8 Å². The van der Waals surface area contributed by atoms with Crippen LogP contribution in [0.5, 0.6) is 0 Å². The van der Waals surface area contributed by atoms with E-state index in [-0.39, 0.29) is 11.9 Å². The van der Waals surface area contributed by atoms with Crippen LogP contribution in [-0.4, -0.2) is 7.05 Å². The second kappa shape index (κ2) is 6.91. The molecule has 0 saturated carbocycles. The smallest absolute Gasteiger partial charge is 0.126 e. The Morgan fingerprint density at radius 2 is 1.90 bits per heavy atom. The van der Waals surface area contributed by atoms with E-state index in [1.165, 1.54) is 5.56 Å². The van der Waals surface area contributed by atoms with Gasteiger partial charge in [-0.05, 0) is 49.7 Å². The molecule has 1 atom stereocenters. The summed E-state index contributed by atoms with van der Waals surface area (Å²) in [6.45, 7) is 3.87. The number of halogens is 1. The molecule has 1 nitrogen and oxygen atoms in total. The molecule has 2 rings (SSSR count). The number of hydrogen-bond donors (Lipinski definition) is 1. The normalized spacial score (nSPS) is 12.4. The minimum absolute atomic E-state index is 0.133. The molecule has 0 bridgehead atoms. The lowest BCUT2D eigenvalue weighted by molar-refractivity contribution is 0.594. The van der Waals surface area contributed by atoms with Gasteiger partial charge in [0.1, 0.15) is 5.82 Å². The van der Waals surface area contributed by atoms with E-state index in [0.717, 1.165) is 16.2 Å². The van der Waals surface area contributed by atoms with Gasteiger partial charge in [0.25, 0.3) is 0 Å². The lowest BCUT2D eigenvalue weighted by Crippen LogP contribution is -2.13. The average molecular weight is 289 g/mol. The van der Waals surface area contributed by atoms with Crippen LogP contribution in [0.4, 0.5) is 4.39 Å². The van der Waals surface area contributed by atoms with Crippen molar-refractivity contribution in [1.82, 2.24) is 5.32 Å². The van der Waals surface area contributed by atoms with Gasteiger partial charge in [0, 0.05) is 16.7 Å². The molecule has 20 heavy (non-hydrogen) atoms. The van der Waals surface area contributed by atoms with Crippen molar-refractivity contribution in [3.05, 3.63) is 65.0 Å². The molecule has 0 aromatic heterocycles. The minimum atomic E-state index is -0.133. The molecule has 0 radical (unpaired) electrons. The standard InChI is InChI=1S/C17H20FNS/c1-12-9-17(15(10-16(12)18)13(2)19-3)20-11-14-7-5-4-6-8-14/h4-10,13,19H,11H2,1-3H3. The summed E-state index contributed by atoms with van der Waals surface area (Å²) in [6, 6.07) is 14.1. The Balaban J connectivity index is 2.23. The molecule has 0 fully saturated rings. The topological polar surface area (TPSA) is 12.0 Å². The molecule has 0 aliphatic carbocycles. The first kappa shape index (κ1) is 15.1. The zero-order valence-electron chi connectivity index (χ0n) is 12.1. The van der Waals surface area contributed by atoms with Gasteiger partial charge in [0.05, 0.1) is 0 Å². The van der Waals surface area contributed by atoms with Crippen LogP contribution in [-0.2, 0) is 5.75 Å². The number of rotatable bonds is 5. The summed E-state index contributed by atoms with van der Waals surface area (Å²) < 4.78 is 13.8. The zero-order valence-corrected chi connectivity index (χ0v) is 12.9. The predicted octanol–water partition coefficient (Wildman–Crippen LogP) is 4.71. The maximum atomic E-state index is 13.8. The Morgan fingerprint density at radius 3 is 2.55 bits per heavy atom. The van der Waals surface area contributed by atoms with Crippen molar-refractivity contribution >= 4 is 11.8 Å². The quantitative estimate of drug-likeness (QED) is 0.800. The first-order valence-corrected chi connectivity index (χ1v) is 7.74. The summed E-state index contributed by atoms with van der Waals surface area (Å²) in [7, 11) is 1.90. The van der Waals surface area contributed by atoms with Gasteiger partial charge < -0.3 is 5.32 Å². The highest BCUT2D eigenvalue weighted by molar-refractivity contribution is 7.98. The molecular formula is C17H20FNS. The number of nitrogens with one attached hydrogen (secondary N) is 1. The van der Waals surface area contributed by atoms with E-state index in [0.29, 0.717) is 5.56 Å². The number of thioether (sulfide) groups is 1. The Hall–Kier alpha value is -1.32. The third kappa shape index (κ3) is 3.62. The first-order chi connectivity index (χ1) is 9.61. The number of hydrogen-bond acceptors (Lipinski definition) is 2. The Kier molecular flexibility index (Phi) is 5.21. The highest BCUT2D eigenvalue weighted by Crippen LogP contribution is 2.32. The van der Waals surface area contributed by atoms with Gasteiger partial charge in [0.2, 0.25) is 0 Å². The largest absolute Gasteiger partial charge is 0.313 e. The fourth-order valence-corrected chi connectivity index (χ4v) is 3.20. The fraction of sp³-hybridized carbons (Fsp3) is 0.294. The third-order valence-electron chi connectivity index (χ3n) is 3.43. The highest BCUT2D eigenvalue weighted by atomic mass is 32.2. The minimum Gasteiger partial charge on any atom is -0.313 e. The van der Waals surface area contributed by atoms with E-state index in [2.05, 4.69) is 24.4 Å². The van der Waals surface area contributed by atoms with Gasteiger partial charge in [-0.3, -0.25) is 0 Å². The summed E-state index contributed by atoms with van der Waals surface area (Å²) in [6.07, 6.45) is 0. The van der Waals surface area contributed by atoms with Crippen LogP contribution in [0.1, 0.15) is 29.7 Å². The summed E-state index contributed by atoms with van der Waals surface area (Å²) in [5.74, 6) is 0.765. The van der Waals surface area contributed by atoms with Crippen LogP contribution in [0.2, 0.25) is 0 Å². The molecule has 1 N–H and O–H groups in total. The van der Waals surface area contributed by atoms with Gasteiger partial charge in [0.15, 0.2) is 0 Å². The Bertz CT molecular complexity index is 569. The highest BCUT2D eigenvalue weighted by Gasteiger charge is 2.13. The van der Waals surface area contributed by atoms with Gasteiger partial charge in [-0.2, -0.15) is 0 Å². The van der Waals surface area contributed by atoms with Gasteiger partial charge in [-0.25, -0.2) is 4.39 Å². The van der Waals surface area contributed by atoms with E-state index >= 15 is 0 Å². The molecule has 0 aliphatic rings. The van der Waals surface area contributed by atoms with Crippen LogP contribution in [0.3, 0.4) is 0 Å². The third-order valence-corrected chi connectivity index (χ3v) is 4.57. The first-order valence-electron chi connectivity index (χ1n) is 6.76. The van der Waals surface area contributed by atoms with Crippen LogP contribution >= 0.6 is 11.8 Å². The molecule has 3 heteroatoms. The number of benzene rings is 2. The maximum absolute atomic E-state index is 13.8. The predicted molar refractivity (Wildman–Crippen MR) is 84.6 cm³/mol. The fourth-order valence-electron chi connectivity index (χ4n) is 2.02. The van der Waals surface area contributed by atoms with E-state index in [4.69, 9.17) is 0 Å². The van der Waals surface area contributed by atoms with Gasteiger partial charge in [-0.1, -0.05) is 30.3 Å². The molecule has 0 aliphatic heterocycles. The summed E-state index contributed by atoms with van der Waals surface area (Å²) >= 11 is 1.76. The Labute approximate surface area is 124 Å². The second-order valence-electron chi connectivity index (χ2n) is 4.92. The van der Waals surface area contributed by atoms with Gasteiger partial charge >= 0.3 is 0 Å². The van der Waals surface area contributed by atoms with Crippen LogP contribution in [0.15, 0.2) is 47.4 Å². The van der Waals surface area contributed by atoms with E-state index in [1.807, 2.05) is 38.2 Å². The summed E-state index contributed by atoms with van der Waals surface area (Å²) in [4.78, 5) is 1.15. The van der Waals surface area contributed by atoms with Crippen LogP contribution in [0.25, 0.3) is 0 Å². The summed E-state index contributed by atoms with van der Waals surface area (Å²) in [5.41, 5.74) is 3.01.